The maximum absolute atomic E-state index is 3.81. The Bertz CT molecular complexity index is 287. The number of nitrogens with zero attached hydrogens (tertiary/aromatic N) is 2. The van der Waals surface area contributed by atoms with Crippen molar-refractivity contribution in [3.63, 3.8) is 0 Å². The Morgan fingerprint density at radius 3 is 2.80 bits per heavy atom. The van der Waals surface area contributed by atoms with Gasteiger partial charge in [0.15, 0.2) is 0 Å². The van der Waals surface area contributed by atoms with Gasteiger partial charge in [0.05, 0.1) is 5.52 Å². The summed E-state index contributed by atoms with van der Waals surface area (Å²) in [5.41, 5.74) is 1.90. The van der Waals surface area contributed by atoms with Gasteiger partial charge >= 0.3 is 0 Å². The molecule has 0 saturated carbocycles. The van der Waals surface area contributed by atoms with E-state index in [1.165, 1.54) is 0 Å². The summed E-state index contributed by atoms with van der Waals surface area (Å²) < 4.78 is 0. The van der Waals surface area contributed by atoms with Gasteiger partial charge in [-0.2, -0.15) is 0 Å². The predicted molar refractivity (Wildman–Crippen MR) is 39.6 cm³/mol. The lowest BCUT2D eigenvalue weighted by atomic mass is 10.3. The fraction of sp³-hybridized carbons (Fsp3) is 0. The molecule has 1 N–H and O–H groups in total. The Labute approximate surface area is 62.5 Å². The molecule has 0 aliphatic heterocycles. The molecule has 2 rings (SSSR count). The smallest absolute Gasteiger partial charge is 0.112 e. The molecule has 0 saturated heterocycles. The minimum absolute atomic E-state index is 0. The molecule has 0 fully saturated rings. The standard InChI is InChI=1S/C6H5N3.Si/c1-2-4-6-5(3-1)7-9-8-6;/h1-4H,(H,7,8,9);. The van der Waals surface area contributed by atoms with E-state index in [-0.39, 0.29) is 11.0 Å². The third kappa shape index (κ3) is 0.929. The van der Waals surface area contributed by atoms with Gasteiger partial charge in [-0.3, -0.25) is 5.10 Å². The lowest BCUT2D eigenvalue weighted by Gasteiger charge is -1.79. The molecule has 1 aromatic heterocycles. The zero-order chi connectivity index (χ0) is 6.10. The zero-order valence-corrected chi connectivity index (χ0v) is 6.20. The van der Waals surface area contributed by atoms with Crippen molar-refractivity contribution in [3.05, 3.63) is 24.3 Å². The van der Waals surface area contributed by atoms with E-state index in [0.717, 1.165) is 11.0 Å². The second-order valence-corrected chi connectivity index (χ2v) is 1.83. The summed E-state index contributed by atoms with van der Waals surface area (Å²) in [6.45, 7) is 0. The molecule has 3 nitrogen and oxygen atoms in total. The highest BCUT2D eigenvalue weighted by Crippen LogP contribution is 2.03. The van der Waals surface area contributed by atoms with E-state index in [1.54, 1.807) is 0 Å². The highest BCUT2D eigenvalue weighted by molar-refractivity contribution is 5.75. The molecule has 0 spiro atoms. The second kappa shape index (κ2) is 2.61. The van der Waals surface area contributed by atoms with Gasteiger partial charge in [-0.1, -0.05) is 17.3 Å². The lowest BCUT2D eigenvalue weighted by molar-refractivity contribution is 0.959. The van der Waals surface area contributed by atoms with Crippen LogP contribution in [0.5, 0.6) is 0 Å². The van der Waals surface area contributed by atoms with Crippen LogP contribution >= 0.6 is 0 Å². The van der Waals surface area contributed by atoms with E-state index >= 15 is 0 Å². The van der Waals surface area contributed by atoms with E-state index in [4.69, 9.17) is 0 Å². The van der Waals surface area contributed by atoms with Crippen molar-refractivity contribution >= 4 is 22.0 Å². The van der Waals surface area contributed by atoms with Gasteiger partial charge in [-0.25, -0.2) is 0 Å². The van der Waals surface area contributed by atoms with Gasteiger partial charge in [0.1, 0.15) is 5.52 Å². The number of fused-ring (bicyclic) bond motifs is 1. The van der Waals surface area contributed by atoms with E-state index in [0.29, 0.717) is 0 Å². The Morgan fingerprint density at radius 1 is 1.20 bits per heavy atom. The molecule has 4 radical (unpaired) electrons. The highest BCUT2D eigenvalue weighted by Gasteiger charge is 1.90. The van der Waals surface area contributed by atoms with Crippen LogP contribution in [0.3, 0.4) is 0 Å². The molecule has 4 heteroatoms. The van der Waals surface area contributed by atoms with Crippen molar-refractivity contribution in [2.24, 2.45) is 0 Å². The largest absolute Gasteiger partial charge is 0.258 e. The van der Waals surface area contributed by atoms with E-state index < -0.39 is 0 Å². The topological polar surface area (TPSA) is 41.6 Å². The quantitative estimate of drug-likeness (QED) is 0.554. The normalized spacial score (nSPS) is 9.20. The molecule has 0 unspecified atom stereocenters. The van der Waals surface area contributed by atoms with Crippen molar-refractivity contribution in [1.82, 2.24) is 15.4 Å². The van der Waals surface area contributed by atoms with Crippen LogP contribution in [0.2, 0.25) is 0 Å². The second-order valence-electron chi connectivity index (χ2n) is 1.83. The molecule has 2 aromatic rings. The maximum Gasteiger partial charge on any atom is 0.112 e. The van der Waals surface area contributed by atoms with Crippen LogP contribution in [0.15, 0.2) is 24.3 Å². The SMILES string of the molecule is [Si].c1ccc2[nH]nnc2c1. The molecule has 0 aliphatic carbocycles. The summed E-state index contributed by atoms with van der Waals surface area (Å²) >= 11 is 0. The first-order chi connectivity index (χ1) is 4.47. The average Bonchev–Trinajstić information content (AvgIpc) is 2.33. The first-order valence-corrected chi connectivity index (χ1v) is 2.72. The minimum atomic E-state index is 0. The van der Waals surface area contributed by atoms with E-state index in [1.807, 2.05) is 24.3 Å². The van der Waals surface area contributed by atoms with Crippen LogP contribution < -0.4 is 0 Å². The van der Waals surface area contributed by atoms with Crippen LogP contribution in [0.1, 0.15) is 0 Å². The summed E-state index contributed by atoms with van der Waals surface area (Å²) in [6.07, 6.45) is 0. The number of aromatic amines is 1. The molecule has 10 heavy (non-hydrogen) atoms. The molecule has 48 valence electrons. The number of hydrogen-bond donors (Lipinski definition) is 1. The molecular formula is C6H5N3Si. The Kier molecular flexibility index (Phi) is 1.82. The number of H-pyrrole nitrogens is 1. The highest BCUT2D eigenvalue weighted by atomic mass is 28.1. The predicted octanol–water partition coefficient (Wildman–Crippen LogP) is 0.577. The van der Waals surface area contributed by atoms with Crippen molar-refractivity contribution in [3.8, 4) is 0 Å². The van der Waals surface area contributed by atoms with Crippen molar-refractivity contribution in [2.45, 2.75) is 0 Å². The molecule has 1 heterocycles. The first-order valence-electron chi connectivity index (χ1n) is 2.72. The van der Waals surface area contributed by atoms with Gasteiger partial charge in [0.2, 0.25) is 0 Å². The Hall–Kier alpha value is -1.16. The van der Waals surface area contributed by atoms with E-state index in [9.17, 15) is 0 Å². The van der Waals surface area contributed by atoms with Gasteiger partial charge < -0.3 is 0 Å². The van der Waals surface area contributed by atoms with Crippen LogP contribution in [-0.4, -0.2) is 26.4 Å². The molecule has 0 bridgehead atoms. The first kappa shape index (κ1) is 6.95. The summed E-state index contributed by atoms with van der Waals surface area (Å²) in [7, 11) is 0. The lowest BCUT2D eigenvalue weighted by Crippen LogP contribution is -1.63. The zero-order valence-electron chi connectivity index (χ0n) is 5.20. The third-order valence-electron chi connectivity index (χ3n) is 1.23. The fourth-order valence-electron chi connectivity index (χ4n) is 0.788. The average molecular weight is 147 g/mol. The fourth-order valence-corrected chi connectivity index (χ4v) is 0.788. The number of hydrogen-bond acceptors (Lipinski definition) is 2. The van der Waals surface area contributed by atoms with Crippen LogP contribution in [0, 0.1) is 0 Å². The summed E-state index contributed by atoms with van der Waals surface area (Å²) in [5.74, 6) is 0. The molecule has 0 aliphatic rings. The number of rotatable bonds is 0. The molecule has 0 atom stereocenters. The van der Waals surface area contributed by atoms with Gasteiger partial charge in [0, 0.05) is 11.0 Å². The van der Waals surface area contributed by atoms with Crippen LogP contribution in [0.25, 0.3) is 11.0 Å². The summed E-state index contributed by atoms with van der Waals surface area (Å²) in [5, 5.41) is 10.2. The van der Waals surface area contributed by atoms with Gasteiger partial charge in [0.25, 0.3) is 0 Å². The number of nitrogens with one attached hydrogen (secondary N) is 1. The van der Waals surface area contributed by atoms with Crippen molar-refractivity contribution < 1.29 is 0 Å². The number of para-hydroxylation sites is 1. The Balaban J connectivity index is 0.000000500. The van der Waals surface area contributed by atoms with Gasteiger partial charge in [-0.05, 0) is 12.1 Å². The van der Waals surface area contributed by atoms with Crippen molar-refractivity contribution in [1.29, 1.82) is 0 Å². The summed E-state index contributed by atoms with van der Waals surface area (Å²) in [6, 6.07) is 7.74. The number of benzene rings is 1. The monoisotopic (exact) mass is 147 g/mol. The molecular weight excluding hydrogens is 142 g/mol. The van der Waals surface area contributed by atoms with Crippen LogP contribution in [-0.2, 0) is 0 Å². The van der Waals surface area contributed by atoms with Gasteiger partial charge in [-0.15, -0.1) is 5.10 Å². The summed E-state index contributed by atoms with van der Waals surface area (Å²) in [4.78, 5) is 0. The maximum atomic E-state index is 3.81. The number of aromatic nitrogens is 3. The van der Waals surface area contributed by atoms with Crippen LogP contribution in [0.4, 0.5) is 0 Å². The minimum Gasteiger partial charge on any atom is -0.258 e. The van der Waals surface area contributed by atoms with E-state index in [2.05, 4.69) is 15.4 Å². The Morgan fingerprint density at radius 2 is 2.00 bits per heavy atom. The molecule has 0 amide bonds. The molecule has 1 aromatic carbocycles. The van der Waals surface area contributed by atoms with Crippen molar-refractivity contribution in [2.75, 3.05) is 0 Å². The third-order valence-corrected chi connectivity index (χ3v) is 1.23.